The molecule has 1 aliphatic heterocycles. The van der Waals surface area contributed by atoms with E-state index in [4.69, 9.17) is 18.6 Å². The van der Waals surface area contributed by atoms with Crippen molar-refractivity contribution in [2.45, 2.75) is 63.8 Å². The Morgan fingerprint density at radius 3 is 2.32 bits per heavy atom. The van der Waals surface area contributed by atoms with Crippen molar-refractivity contribution in [3.8, 4) is 0 Å². The zero-order chi connectivity index (χ0) is 22.5. The molecule has 0 amide bonds. The van der Waals surface area contributed by atoms with Crippen molar-refractivity contribution in [3.05, 3.63) is 71.5 Å². The zero-order valence-corrected chi connectivity index (χ0v) is 20.3. The minimum absolute atomic E-state index is 0.119. The molecular weight excluding hydrogens is 411 g/mol. The summed E-state index contributed by atoms with van der Waals surface area (Å²) >= 11 is 0. The minimum atomic E-state index is -1.91. The van der Waals surface area contributed by atoms with Gasteiger partial charge in [-0.1, -0.05) is 63.2 Å². The van der Waals surface area contributed by atoms with Crippen molar-refractivity contribution in [1.29, 1.82) is 0 Å². The van der Waals surface area contributed by atoms with E-state index in [-0.39, 0.29) is 10.9 Å². The van der Waals surface area contributed by atoms with Gasteiger partial charge in [0, 0.05) is 18.6 Å². The smallest absolute Gasteiger partial charge is 0.222 e. The second kappa shape index (κ2) is 9.92. The Morgan fingerprint density at radius 2 is 1.71 bits per heavy atom. The van der Waals surface area contributed by atoms with Crippen LogP contribution in [-0.4, -0.2) is 34.2 Å². The van der Waals surface area contributed by atoms with Crippen LogP contribution in [0.2, 0.25) is 18.1 Å². The SMILES string of the molecule is CC(C)(C)[Si](C)(C)OCCC(OCc1ccccc1)C1(c2cccc(F)c2)OCCO1. The fourth-order valence-corrected chi connectivity index (χ4v) is 4.52. The summed E-state index contributed by atoms with van der Waals surface area (Å²) in [6, 6.07) is 16.4. The van der Waals surface area contributed by atoms with E-state index in [1.54, 1.807) is 6.07 Å². The van der Waals surface area contributed by atoms with Crippen molar-refractivity contribution < 1.29 is 23.0 Å². The summed E-state index contributed by atoms with van der Waals surface area (Å²) in [6.45, 7) is 12.9. The third-order valence-corrected chi connectivity index (χ3v) is 10.8. The Labute approximate surface area is 186 Å². The van der Waals surface area contributed by atoms with Gasteiger partial charge >= 0.3 is 0 Å². The summed E-state index contributed by atoms with van der Waals surface area (Å²) in [6.07, 6.45) is 0.136. The summed E-state index contributed by atoms with van der Waals surface area (Å²) in [5.74, 6) is -1.47. The van der Waals surface area contributed by atoms with Crippen molar-refractivity contribution in [2.24, 2.45) is 0 Å². The van der Waals surface area contributed by atoms with E-state index in [0.717, 1.165) is 5.56 Å². The Morgan fingerprint density at radius 1 is 1.03 bits per heavy atom. The lowest BCUT2D eigenvalue weighted by molar-refractivity contribution is -0.249. The zero-order valence-electron chi connectivity index (χ0n) is 19.3. The lowest BCUT2D eigenvalue weighted by Gasteiger charge is -2.39. The number of halogens is 1. The monoisotopic (exact) mass is 446 g/mol. The molecule has 1 fully saturated rings. The van der Waals surface area contributed by atoms with Crippen molar-refractivity contribution >= 4 is 8.32 Å². The van der Waals surface area contributed by atoms with Gasteiger partial charge < -0.3 is 18.6 Å². The highest BCUT2D eigenvalue weighted by atomic mass is 28.4. The van der Waals surface area contributed by atoms with Gasteiger partial charge in [-0.25, -0.2) is 4.39 Å². The maximum absolute atomic E-state index is 14.1. The Balaban J connectivity index is 1.83. The number of hydrogen-bond acceptors (Lipinski definition) is 4. The van der Waals surface area contributed by atoms with Crippen molar-refractivity contribution in [3.63, 3.8) is 0 Å². The van der Waals surface area contributed by atoms with E-state index in [2.05, 4.69) is 33.9 Å². The van der Waals surface area contributed by atoms with E-state index in [1.807, 2.05) is 36.4 Å². The van der Waals surface area contributed by atoms with Crippen LogP contribution < -0.4 is 0 Å². The predicted molar refractivity (Wildman–Crippen MR) is 123 cm³/mol. The van der Waals surface area contributed by atoms with E-state index < -0.39 is 20.2 Å². The van der Waals surface area contributed by atoms with Crippen LogP contribution in [0.4, 0.5) is 4.39 Å². The molecule has 170 valence electrons. The van der Waals surface area contributed by atoms with Gasteiger partial charge in [-0.2, -0.15) is 0 Å². The first kappa shape index (κ1) is 24.1. The molecule has 0 radical (unpaired) electrons. The van der Waals surface area contributed by atoms with Crippen molar-refractivity contribution in [1.82, 2.24) is 0 Å². The molecule has 6 heteroatoms. The maximum Gasteiger partial charge on any atom is 0.222 e. The molecule has 0 bridgehead atoms. The molecule has 0 N–H and O–H groups in total. The van der Waals surface area contributed by atoms with Crippen LogP contribution in [0.1, 0.15) is 38.3 Å². The lowest BCUT2D eigenvalue weighted by atomic mass is 9.97. The van der Waals surface area contributed by atoms with Gasteiger partial charge in [-0.05, 0) is 35.8 Å². The Bertz CT molecular complexity index is 829. The summed E-state index contributed by atoms with van der Waals surface area (Å²) in [4.78, 5) is 0. The number of hydrogen-bond donors (Lipinski definition) is 0. The molecule has 0 aliphatic carbocycles. The molecule has 0 aromatic heterocycles. The summed E-state index contributed by atoms with van der Waals surface area (Å²) in [5, 5.41) is 0.119. The van der Waals surface area contributed by atoms with Gasteiger partial charge in [0.1, 0.15) is 11.9 Å². The Kier molecular flexibility index (Phi) is 7.71. The molecule has 31 heavy (non-hydrogen) atoms. The number of rotatable bonds is 9. The first-order valence-corrected chi connectivity index (χ1v) is 13.9. The molecule has 1 aliphatic rings. The van der Waals surface area contributed by atoms with Crippen LogP contribution in [0.3, 0.4) is 0 Å². The third-order valence-electron chi connectivity index (χ3n) is 6.31. The lowest BCUT2D eigenvalue weighted by Crippen LogP contribution is -2.45. The second-order valence-corrected chi connectivity index (χ2v) is 14.4. The number of benzene rings is 2. The molecule has 4 nitrogen and oxygen atoms in total. The summed E-state index contributed by atoms with van der Waals surface area (Å²) in [7, 11) is -1.91. The highest BCUT2D eigenvalue weighted by Gasteiger charge is 2.47. The summed E-state index contributed by atoms with van der Waals surface area (Å²) < 4.78 is 39.1. The first-order chi connectivity index (χ1) is 14.6. The van der Waals surface area contributed by atoms with Gasteiger partial charge in [0.25, 0.3) is 0 Å². The minimum Gasteiger partial charge on any atom is -0.417 e. The molecule has 0 saturated carbocycles. The van der Waals surface area contributed by atoms with Crippen LogP contribution in [0.25, 0.3) is 0 Å². The van der Waals surface area contributed by atoms with Crippen LogP contribution >= 0.6 is 0 Å². The van der Waals surface area contributed by atoms with E-state index in [0.29, 0.717) is 38.4 Å². The average Bonchev–Trinajstić information content (AvgIpc) is 3.21. The van der Waals surface area contributed by atoms with E-state index in [9.17, 15) is 4.39 Å². The number of ether oxygens (including phenoxy) is 3. The standard InChI is InChI=1S/C25H35FO4Si/c1-24(2,3)31(4,5)30-15-14-23(27-19-20-10-7-6-8-11-20)25(28-16-17-29-25)21-12-9-13-22(26)18-21/h6-13,18,23H,14-17,19H2,1-5H3. The largest absolute Gasteiger partial charge is 0.417 e. The molecule has 2 aromatic rings. The fourth-order valence-electron chi connectivity index (χ4n) is 3.46. The molecular formula is C25H35FO4Si. The molecule has 1 unspecified atom stereocenters. The Hall–Kier alpha value is -1.57. The highest BCUT2D eigenvalue weighted by Crippen LogP contribution is 2.40. The van der Waals surface area contributed by atoms with Crippen LogP contribution in [0, 0.1) is 5.82 Å². The quantitative estimate of drug-likeness (QED) is 0.441. The van der Waals surface area contributed by atoms with Crippen LogP contribution in [0.15, 0.2) is 54.6 Å². The van der Waals surface area contributed by atoms with Gasteiger partial charge in [0.05, 0.1) is 19.8 Å². The topological polar surface area (TPSA) is 36.9 Å². The van der Waals surface area contributed by atoms with Gasteiger partial charge in [0.15, 0.2) is 8.32 Å². The molecule has 1 heterocycles. The van der Waals surface area contributed by atoms with Gasteiger partial charge in [0.2, 0.25) is 5.79 Å². The molecule has 2 aromatic carbocycles. The average molecular weight is 447 g/mol. The fraction of sp³-hybridized carbons (Fsp3) is 0.520. The highest BCUT2D eigenvalue weighted by molar-refractivity contribution is 6.74. The molecule has 1 saturated heterocycles. The van der Waals surface area contributed by atoms with Crippen LogP contribution in [-0.2, 0) is 31.0 Å². The van der Waals surface area contributed by atoms with E-state index >= 15 is 0 Å². The van der Waals surface area contributed by atoms with Crippen LogP contribution in [0.5, 0.6) is 0 Å². The van der Waals surface area contributed by atoms with Gasteiger partial charge in [-0.15, -0.1) is 0 Å². The molecule has 3 rings (SSSR count). The maximum atomic E-state index is 14.1. The third kappa shape index (κ3) is 5.82. The molecule has 1 atom stereocenters. The first-order valence-electron chi connectivity index (χ1n) is 11.0. The van der Waals surface area contributed by atoms with Crippen molar-refractivity contribution in [2.75, 3.05) is 19.8 Å². The molecule has 0 spiro atoms. The normalized spacial score (nSPS) is 17.6. The predicted octanol–water partition coefficient (Wildman–Crippen LogP) is 6.02. The second-order valence-electron chi connectivity index (χ2n) is 9.56. The van der Waals surface area contributed by atoms with Gasteiger partial charge in [-0.3, -0.25) is 0 Å². The summed E-state index contributed by atoms with van der Waals surface area (Å²) in [5.41, 5.74) is 1.69. The van der Waals surface area contributed by atoms with E-state index in [1.165, 1.54) is 12.1 Å².